The second-order valence-electron chi connectivity index (χ2n) is 3.36. The lowest BCUT2D eigenvalue weighted by molar-refractivity contribution is 0.428. The van der Waals surface area contributed by atoms with Crippen LogP contribution in [0.2, 0.25) is 0 Å². The minimum Gasteiger partial charge on any atom is -0.462 e. The van der Waals surface area contributed by atoms with E-state index in [1.807, 2.05) is 32.1 Å². The average molecular weight is 204 g/mol. The van der Waals surface area contributed by atoms with E-state index < -0.39 is 0 Å². The standard InChI is InChI=1S/C12H16N2O/c1-9(13)3-4-10(2)15-12-7-5-11(14)6-8-12/h3-8H,13-14H2,1-2H3/b9-3+,10-4+. The molecule has 1 aromatic carbocycles. The van der Waals surface area contributed by atoms with Gasteiger partial charge in [-0.25, -0.2) is 0 Å². The van der Waals surface area contributed by atoms with Crippen LogP contribution in [-0.4, -0.2) is 0 Å². The number of nitrogen functional groups attached to an aromatic ring is 1. The predicted octanol–water partition coefficient (Wildman–Crippen LogP) is 2.41. The lowest BCUT2D eigenvalue weighted by Crippen LogP contribution is -1.93. The van der Waals surface area contributed by atoms with E-state index in [0.29, 0.717) is 0 Å². The summed E-state index contributed by atoms with van der Waals surface area (Å²) in [6, 6.07) is 7.25. The van der Waals surface area contributed by atoms with E-state index >= 15 is 0 Å². The second-order valence-corrected chi connectivity index (χ2v) is 3.36. The van der Waals surface area contributed by atoms with Gasteiger partial charge in [-0.15, -0.1) is 0 Å². The van der Waals surface area contributed by atoms with E-state index in [1.165, 1.54) is 0 Å². The number of rotatable bonds is 3. The molecule has 0 fully saturated rings. The Hall–Kier alpha value is -1.90. The van der Waals surface area contributed by atoms with Crippen molar-refractivity contribution >= 4 is 5.69 Å². The highest BCUT2D eigenvalue weighted by Crippen LogP contribution is 2.15. The molecule has 0 aliphatic heterocycles. The molecule has 1 aromatic rings. The van der Waals surface area contributed by atoms with Crippen molar-refractivity contribution < 1.29 is 4.74 Å². The van der Waals surface area contributed by atoms with Gasteiger partial charge in [-0.3, -0.25) is 0 Å². The van der Waals surface area contributed by atoms with E-state index in [2.05, 4.69) is 0 Å². The van der Waals surface area contributed by atoms with Crippen molar-refractivity contribution in [3.8, 4) is 5.75 Å². The molecular weight excluding hydrogens is 188 g/mol. The van der Waals surface area contributed by atoms with Crippen molar-refractivity contribution in [1.82, 2.24) is 0 Å². The smallest absolute Gasteiger partial charge is 0.127 e. The third-order valence-corrected chi connectivity index (χ3v) is 1.74. The lowest BCUT2D eigenvalue weighted by atomic mass is 10.3. The van der Waals surface area contributed by atoms with Crippen LogP contribution in [0.3, 0.4) is 0 Å². The third-order valence-electron chi connectivity index (χ3n) is 1.74. The van der Waals surface area contributed by atoms with Crippen molar-refractivity contribution in [3.63, 3.8) is 0 Å². The van der Waals surface area contributed by atoms with Crippen LogP contribution in [-0.2, 0) is 0 Å². The number of benzene rings is 1. The Morgan fingerprint density at radius 2 is 1.73 bits per heavy atom. The molecule has 0 amide bonds. The molecular formula is C12H16N2O. The van der Waals surface area contributed by atoms with Gasteiger partial charge < -0.3 is 16.2 Å². The molecule has 0 saturated carbocycles. The zero-order valence-corrected chi connectivity index (χ0v) is 9.03. The summed E-state index contributed by atoms with van der Waals surface area (Å²) in [4.78, 5) is 0. The number of ether oxygens (including phenoxy) is 1. The van der Waals surface area contributed by atoms with Crippen LogP contribution in [0.5, 0.6) is 5.75 Å². The van der Waals surface area contributed by atoms with Crippen molar-refractivity contribution in [1.29, 1.82) is 0 Å². The fourth-order valence-corrected chi connectivity index (χ4v) is 1.00. The molecule has 0 aliphatic carbocycles. The molecule has 0 atom stereocenters. The molecule has 3 nitrogen and oxygen atoms in total. The summed E-state index contributed by atoms with van der Waals surface area (Å²) < 4.78 is 5.53. The first-order chi connectivity index (χ1) is 7.08. The van der Waals surface area contributed by atoms with Gasteiger partial charge in [0.25, 0.3) is 0 Å². The SMILES string of the molecule is C/C(N)=C\C=C(/C)Oc1ccc(N)cc1. The molecule has 0 aromatic heterocycles. The number of hydrogen-bond acceptors (Lipinski definition) is 3. The van der Waals surface area contributed by atoms with E-state index in [1.54, 1.807) is 18.2 Å². The molecule has 1 rings (SSSR count). The van der Waals surface area contributed by atoms with Gasteiger partial charge in [0.1, 0.15) is 11.5 Å². The molecule has 0 radical (unpaired) electrons. The first kappa shape index (κ1) is 11.2. The Morgan fingerprint density at radius 1 is 1.13 bits per heavy atom. The average Bonchev–Trinajstić information content (AvgIpc) is 2.19. The molecule has 3 heteroatoms. The van der Waals surface area contributed by atoms with Crippen LogP contribution in [0.25, 0.3) is 0 Å². The summed E-state index contributed by atoms with van der Waals surface area (Å²) >= 11 is 0. The van der Waals surface area contributed by atoms with Gasteiger partial charge in [-0.05, 0) is 50.3 Å². The predicted molar refractivity (Wildman–Crippen MR) is 63.2 cm³/mol. The van der Waals surface area contributed by atoms with Crippen LogP contribution in [0.4, 0.5) is 5.69 Å². The molecule has 0 spiro atoms. The highest BCUT2D eigenvalue weighted by molar-refractivity contribution is 5.42. The van der Waals surface area contributed by atoms with E-state index in [4.69, 9.17) is 16.2 Å². The summed E-state index contributed by atoms with van der Waals surface area (Å²) in [5, 5.41) is 0. The van der Waals surface area contributed by atoms with Gasteiger partial charge in [0.05, 0.1) is 0 Å². The summed E-state index contributed by atoms with van der Waals surface area (Å²) in [5.41, 5.74) is 12.5. The first-order valence-corrected chi connectivity index (χ1v) is 4.72. The van der Waals surface area contributed by atoms with E-state index in [9.17, 15) is 0 Å². The van der Waals surface area contributed by atoms with Crippen molar-refractivity contribution in [2.75, 3.05) is 5.73 Å². The topological polar surface area (TPSA) is 61.3 Å². The van der Waals surface area contributed by atoms with Gasteiger partial charge in [0.2, 0.25) is 0 Å². The Balaban J connectivity index is 2.66. The highest BCUT2D eigenvalue weighted by Gasteiger charge is 1.93. The number of hydrogen-bond donors (Lipinski definition) is 2. The zero-order valence-electron chi connectivity index (χ0n) is 9.03. The van der Waals surface area contributed by atoms with Crippen LogP contribution in [0.15, 0.2) is 47.9 Å². The zero-order chi connectivity index (χ0) is 11.3. The third kappa shape index (κ3) is 4.22. The Bertz CT molecular complexity index is 373. The van der Waals surface area contributed by atoms with E-state index in [0.717, 1.165) is 22.9 Å². The van der Waals surface area contributed by atoms with Crippen molar-refractivity contribution in [3.05, 3.63) is 47.9 Å². The maximum atomic E-state index is 5.56. The number of anilines is 1. The van der Waals surface area contributed by atoms with Crippen LogP contribution in [0, 0.1) is 0 Å². The molecule has 0 heterocycles. The second kappa shape index (κ2) is 5.10. The Kier molecular flexibility index (Phi) is 3.80. The maximum absolute atomic E-state index is 5.56. The Labute approximate surface area is 90.0 Å². The minimum absolute atomic E-state index is 0.724. The summed E-state index contributed by atoms with van der Waals surface area (Å²) in [5.74, 6) is 1.55. The van der Waals surface area contributed by atoms with Crippen molar-refractivity contribution in [2.45, 2.75) is 13.8 Å². The Morgan fingerprint density at radius 3 is 2.27 bits per heavy atom. The van der Waals surface area contributed by atoms with Gasteiger partial charge >= 0.3 is 0 Å². The highest BCUT2D eigenvalue weighted by atomic mass is 16.5. The largest absolute Gasteiger partial charge is 0.462 e. The van der Waals surface area contributed by atoms with Crippen LogP contribution in [0.1, 0.15) is 13.8 Å². The van der Waals surface area contributed by atoms with Gasteiger partial charge in [-0.1, -0.05) is 0 Å². The van der Waals surface area contributed by atoms with Crippen LogP contribution < -0.4 is 16.2 Å². The maximum Gasteiger partial charge on any atom is 0.127 e. The molecule has 0 unspecified atom stereocenters. The van der Waals surface area contributed by atoms with Gasteiger partial charge in [0, 0.05) is 11.4 Å². The lowest BCUT2D eigenvalue weighted by Gasteiger charge is -2.05. The summed E-state index contributed by atoms with van der Waals surface area (Å²) in [6.45, 7) is 3.70. The number of allylic oxidation sites excluding steroid dienone is 4. The normalized spacial score (nSPS) is 12.7. The van der Waals surface area contributed by atoms with Crippen LogP contribution >= 0.6 is 0 Å². The van der Waals surface area contributed by atoms with Gasteiger partial charge in [-0.2, -0.15) is 0 Å². The van der Waals surface area contributed by atoms with Crippen molar-refractivity contribution in [2.24, 2.45) is 5.73 Å². The van der Waals surface area contributed by atoms with E-state index in [-0.39, 0.29) is 0 Å². The minimum atomic E-state index is 0.724. The number of nitrogens with two attached hydrogens (primary N) is 2. The summed E-state index contributed by atoms with van der Waals surface area (Å²) in [7, 11) is 0. The first-order valence-electron chi connectivity index (χ1n) is 4.72. The molecule has 80 valence electrons. The monoisotopic (exact) mass is 204 g/mol. The molecule has 0 saturated heterocycles. The fourth-order valence-electron chi connectivity index (χ4n) is 1.00. The molecule has 0 bridgehead atoms. The molecule has 0 aliphatic rings. The summed E-state index contributed by atoms with van der Waals surface area (Å²) in [6.07, 6.45) is 3.62. The quantitative estimate of drug-likeness (QED) is 0.451. The molecule has 4 N–H and O–H groups in total. The van der Waals surface area contributed by atoms with Gasteiger partial charge in [0.15, 0.2) is 0 Å². The molecule has 15 heavy (non-hydrogen) atoms. The fraction of sp³-hybridized carbons (Fsp3) is 0.167.